The summed E-state index contributed by atoms with van der Waals surface area (Å²) < 4.78 is 14.4. The zero-order chi connectivity index (χ0) is 17.4. The van der Waals surface area contributed by atoms with Crippen LogP contribution < -0.4 is 5.73 Å². The molecule has 0 aliphatic heterocycles. The number of carbonyl (C=O) groups is 1. The molecule has 0 radical (unpaired) electrons. The third kappa shape index (κ3) is 6.73. The van der Waals surface area contributed by atoms with Gasteiger partial charge in [0, 0.05) is 18.0 Å². The molecule has 1 rings (SSSR count). The number of primary amides is 1. The number of rotatable bonds is 9. The molecule has 1 aliphatic carbocycles. The Morgan fingerprint density at radius 1 is 1.26 bits per heavy atom. The molecule has 6 nitrogen and oxygen atoms in total. The number of nitriles is 1. The summed E-state index contributed by atoms with van der Waals surface area (Å²) in [6, 6.07) is 2.70. The van der Waals surface area contributed by atoms with Crippen LogP contribution in [-0.4, -0.2) is 35.4 Å². The minimum absolute atomic E-state index is 0.0214. The first-order chi connectivity index (χ1) is 10.9. The minimum Gasteiger partial charge on any atom is -0.369 e. The van der Waals surface area contributed by atoms with Crippen LogP contribution in [0.15, 0.2) is 0 Å². The zero-order valence-corrected chi connectivity index (χ0v) is 15.6. The van der Waals surface area contributed by atoms with E-state index in [-0.39, 0.29) is 17.9 Å². The van der Waals surface area contributed by atoms with Gasteiger partial charge in [-0.15, -0.1) is 0 Å². The van der Waals surface area contributed by atoms with Crippen LogP contribution >= 0.6 is 8.53 Å². The van der Waals surface area contributed by atoms with E-state index in [0.717, 1.165) is 25.7 Å². The van der Waals surface area contributed by atoms with Crippen LogP contribution in [0.5, 0.6) is 0 Å². The molecule has 0 bridgehead atoms. The van der Waals surface area contributed by atoms with E-state index in [9.17, 15) is 4.79 Å². The van der Waals surface area contributed by atoms with Crippen LogP contribution in [0.4, 0.5) is 0 Å². The highest BCUT2D eigenvalue weighted by Gasteiger charge is 2.32. The number of carbonyl (C=O) groups excluding carboxylic acids is 1. The van der Waals surface area contributed by atoms with E-state index in [0.29, 0.717) is 25.1 Å². The van der Waals surface area contributed by atoms with Gasteiger partial charge in [0.05, 0.1) is 25.2 Å². The van der Waals surface area contributed by atoms with Crippen molar-refractivity contribution < 1.29 is 13.8 Å². The Bertz CT molecular complexity index is 396. The Labute approximate surface area is 141 Å². The van der Waals surface area contributed by atoms with Gasteiger partial charge in [-0.1, -0.05) is 0 Å². The molecule has 1 fully saturated rings. The summed E-state index contributed by atoms with van der Waals surface area (Å²) in [6.07, 6.45) is 3.69. The quantitative estimate of drug-likeness (QED) is 0.512. The summed E-state index contributed by atoms with van der Waals surface area (Å²) in [5.74, 6) is -0.228. The fraction of sp³-hybridized carbons (Fsp3) is 0.875. The van der Waals surface area contributed by atoms with Gasteiger partial charge in [0.2, 0.25) is 5.91 Å². The Morgan fingerprint density at radius 2 is 1.83 bits per heavy atom. The molecule has 1 unspecified atom stereocenters. The molecule has 0 aromatic rings. The molecule has 23 heavy (non-hydrogen) atoms. The molecule has 1 saturated carbocycles. The molecule has 132 valence electrons. The van der Waals surface area contributed by atoms with Crippen molar-refractivity contribution in [2.45, 2.75) is 78.0 Å². The average Bonchev–Trinajstić information content (AvgIpc) is 2.47. The van der Waals surface area contributed by atoms with Gasteiger partial charge in [-0.2, -0.15) is 5.26 Å². The molecule has 1 amide bonds. The average molecular weight is 343 g/mol. The van der Waals surface area contributed by atoms with Crippen molar-refractivity contribution >= 4 is 14.4 Å². The van der Waals surface area contributed by atoms with Crippen LogP contribution in [0.3, 0.4) is 0 Å². The molecule has 0 aromatic heterocycles. The molecule has 1 atom stereocenters. The largest absolute Gasteiger partial charge is 0.369 e. The first-order valence-corrected chi connectivity index (χ1v) is 9.54. The van der Waals surface area contributed by atoms with E-state index in [1.54, 1.807) is 0 Å². The summed E-state index contributed by atoms with van der Waals surface area (Å²) in [7, 11) is -1.20. The molecular weight excluding hydrogens is 313 g/mol. The van der Waals surface area contributed by atoms with Gasteiger partial charge in [-0.3, -0.25) is 4.79 Å². The number of hydrogen-bond acceptors (Lipinski definition) is 5. The lowest BCUT2D eigenvalue weighted by Gasteiger charge is -2.38. The summed E-state index contributed by atoms with van der Waals surface area (Å²) in [5.41, 5.74) is 5.38. The Hall–Kier alpha value is -0.730. The molecule has 0 saturated heterocycles. The van der Waals surface area contributed by atoms with Crippen molar-refractivity contribution in [2.24, 2.45) is 11.7 Å². The third-order valence-electron chi connectivity index (χ3n) is 3.98. The van der Waals surface area contributed by atoms with Crippen molar-refractivity contribution in [1.82, 2.24) is 4.67 Å². The van der Waals surface area contributed by atoms with Crippen LogP contribution in [0.2, 0.25) is 0 Å². The molecule has 2 N–H and O–H groups in total. The van der Waals surface area contributed by atoms with Crippen LogP contribution in [-0.2, 0) is 13.8 Å². The molecular formula is C16H30N3O3P. The Morgan fingerprint density at radius 3 is 2.26 bits per heavy atom. The Kier molecular flexibility index (Phi) is 9.01. The van der Waals surface area contributed by atoms with Gasteiger partial charge in [0.25, 0.3) is 8.53 Å². The van der Waals surface area contributed by atoms with E-state index in [4.69, 9.17) is 20.0 Å². The van der Waals surface area contributed by atoms with Gasteiger partial charge in [-0.25, -0.2) is 4.67 Å². The van der Waals surface area contributed by atoms with E-state index in [2.05, 4.69) is 38.4 Å². The van der Waals surface area contributed by atoms with Crippen LogP contribution in [0, 0.1) is 17.2 Å². The second-order valence-corrected chi connectivity index (χ2v) is 7.93. The second kappa shape index (κ2) is 10.2. The second-order valence-electron chi connectivity index (χ2n) is 6.53. The van der Waals surface area contributed by atoms with Gasteiger partial charge in [-0.05, 0) is 53.4 Å². The fourth-order valence-corrected chi connectivity index (χ4v) is 4.65. The maximum Gasteiger partial charge on any atom is 0.259 e. The maximum absolute atomic E-state index is 11.3. The van der Waals surface area contributed by atoms with E-state index < -0.39 is 8.53 Å². The van der Waals surface area contributed by atoms with Gasteiger partial charge in [0.1, 0.15) is 0 Å². The first kappa shape index (κ1) is 20.3. The van der Waals surface area contributed by atoms with Crippen LogP contribution in [0.1, 0.15) is 59.8 Å². The fourth-order valence-electron chi connectivity index (χ4n) is 2.87. The third-order valence-corrected chi connectivity index (χ3v) is 6.16. The van der Waals surface area contributed by atoms with E-state index in [1.165, 1.54) is 0 Å². The van der Waals surface area contributed by atoms with Gasteiger partial charge < -0.3 is 14.8 Å². The van der Waals surface area contributed by atoms with Crippen molar-refractivity contribution in [3.05, 3.63) is 0 Å². The molecule has 0 spiro atoms. The highest BCUT2D eigenvalue weighted by atomic mass is 31.2. The van der Waals surface area contributed by atoms with Crippen molar-refractivity contribution in [3.63, 3.8) is 0 Å². The molecule has 7 heteroatoms. The summed E-state index contributed by atoms with van der Waals surface area (Å²) in [4.78, 5) is 11.3. The molecule has 0 aromatic carbocycles. The first-order valence-electron chi connectivity index (χ1n) is 8.41. The summed E-state index contributed by atoms with van der Waals surface area (Å²) in [5, 5.41) is 8.72. The van der Waals surface area contributed by atoms with Crippen molar-refractivity contribution in [2.75, 3.05) is 6.61 Å². The predicted octanol–water partition coefficient (Wildman–Crippen LogP) is 3.32. The lowest BCUT2D eigenvalue weighted by Crippen LogP contribution is -2.36. The Balaban J connectivity index is 2.65. The number of nitrogens with two attached hydrogens (primary N) is 1. The maximum atomic E-state index is 11.3. The standard InChI is InChI=1S/C16H30N3O3P/c1-12(2)19(13(3)4)23(21-11-5-10-17)22-15-8-6-14(7-9-15)16(18)20/h12-15H,5-9,11H2,1-4H3,(H2,18,20). The highest BCUT2D eigenvalue weighted by Crippen LogP contribution is 2.48. The topological polar surface area (TPSA) is 88.6 Å². The molecule has 1 aliphatic rings. The normalized spacial score (nSPS) is 23.2. The smallest absolute Gasteiger partial charge is 0.259 e. The van der Waals surface area contributed by atoms with Crippen molar-refractivity contribution in [3.8, 4) is 6.07 Å². The number of amides is 1. The number of hydrogen-bond donors (Lipinski definition) is 1. The van der Waals surface area contributed by atoms with Crippen LogP contribution in [0.25, 0.3) is 0 Å². The lowest BCUT2D eigenvalue weighted by molar-refractivity contribution is -0.123. The zero-order valence-electron chi connectivity index (χ0n) is 14.7. The predicted molar refractivity (Wildman–Crippen MR) is 91.2 cm³/mol. The lowest BCUT2D eigenvalue weighted by atomic mass is 9.87. The van der Waals surface area contributed by atoms with E-state index in [1.807, 2.05) is 0 Å². The van der Waals surface area contributed by atoms with Crippen molar-refractivity contribution in [1.29, 1.82) is 5.26 Å². The molecule has 0 heterocycles. The monoisotopic (exact) mass is 343 g/mol. The minimum atomic E-state index is -1.20. The number of nitrogens with zero attached hydrogens (tertiary/aromatic N) is 2. The SMILES string of the molecule is CC(C)N(C(C)C)P(OCCC#N)OC1CCC(C(N)=O)CC1. The summed E-state index contributed by atoms with van der Waals surface area (Å²) >= 11 is 0. The highest BCUT2D eigenvalue weighted by molar-refractivity contribution is 7.44. The summed E-state index contributed by atoms with van der Waals surface area (Å²) in [6.45, 7) is 8.87. The van der Waals surface area contributed by atoms with Gasteiger partial charge in [0.15, 0.2) is 0 Å². The van der Waals surface area contributed by atoms with Gasteiger partial charge >= 0.3 is 0 Å². The van der Waals surface area contributed by atoms with E-state index >= 15 is 0 Å².